The van der Waals surface area contributed by atoms with Crippen LogP contribution in [0, 0.1) is 36.3 Å². The van der Waals surface area contributed by atoms with E-state index in [1.807, 2.05) is 103 Å². The molecular weight excluding hydrogens is 1100 g/mol. The van der Waals surface area contributed by atoms with Crippen molar-refractivity contribution in [3.05, 3.63) is 198 Å². The van der Waals surface area contributed by atoms with E-state index in [4.69, 9.17) is 9.72 Å². The maximum atomic E-state index is 16.5. The Bertz CT molecular complexity index is 3610. The third-order valence-corrected chi connectivity index (χ3v) is 14.0. The van der Waals surface area contributed by atoms with Crippen molar-refractivity contribution < 1.29 is 40.3 Å². The molecular formula is C65H62F3N4OPt-3. The summed E-state index contributed by atoms with van der Waals surface area (Å²) in [5.41, 5.74) is 10.3. The van der Waals surface area contributed by atoms with Gasteiger partial charge in [0, 0.05) is 86.0 Å². The van der Waals surface area contributed by atoms with Gasteiger partial charge in [0.1, 0.15) is 23.3 Å². The molecule has 1 aliphatic heterocycles. The molecule has 2 aromatic heterocycles. The summed E-state index contributed by atoms with van der Waals surface area (Å²) in [7, 11) is 0. The minimum atomic E-state index is -1.07. The molecule has 0 atom stereocenters. The van der Waals surface area contributed by atoms with Crippen LogP contribution in [0.2, 0.25) is 0 Å². The van der Waals surface area contributed by atoms with Crippen LogP contribution in [0.15, 0.2) is 134 Å². The molecule has 7 aromatic carbocycles. The molecule has 0 amide bonds. The molecule has 382 valence electrons. The van der Waals surface area contributed by atoms with E-state index in [1.165, 1.54) is 0 Å². The Balaban J connectivity index is 0.00000689. The molecule has 0 bridgehead atoms. The first-order valence-corrected chi connectivity index (χ1v) is 25.1. The maximum Gasteiger partial charge on any atom is 0.136 e. The molecule has 0 radical (unpaired) electrons. The summed E-state index contributed by atoms with van der Waals surface area (Å²) in [6.45, 7) is 27.0. The fraction of sp³-hybridized carbons (Fsp3) is 0.262. The van der Waals surface area contributed by atoms with Crippen molar-refractivity contribution in [2.24, 2.45) is 0 Å². The number of rotatable bonds is 10. The van der Waals surface area contributed by atoms with E-state index in [0.29, 0.717) is 28.4 Å². The zero-order chi connectivity index (χ0) is 52.8. The van der Waals surface area contributed by atoms with Crippen LogP contribution >= 0.6 is 0 Å². The number of ether oxygens (including phenoxy) is 1. The summed E-state index contributed by atoms with van der Waals surface area (Å²) in [5, 5.41) is 2.06. The molecule has 10 rings (SSSR count). The van der Waals surface area contributed by atoms with E-state index in [2.05, 4.69) is 134 Å². The zero-order valence-corrected chi connectivity index (χ0v) is 46.4. The second kappa shape index (κ2) is 19.9. The number of hydrogen-bond acceptors (Lipinski definition) is 4. The van der Waals surface area contributed by atoms with Crippen molar-refractivity contribution in [2.45, 2.75) is 112 Å². The Hall–Kier alpha value is -6.63. The van der Waals surface area contributed by atoms with Gasteiger partial charge < -0.3 is 19.1 Å². The van der Waals surface area contributed by atoms with Gasteiger partial charge in [-0.15, -0.1) is 53.6 Å². The largest absolute Gasteiger partial charge is 0.509 e. The van der Waals surface area contributed by atoms with Gasteiger partial charge in [0.25, 0.3) is 0 Å². The van der Waals surface area contributed by atoms with Gasteiger partial charge in [0.2, 0.25) is 0 Å². The van der Waals surface area contributed by atoms with Gasteiger partial charge in [-0.1, -0.05) is 137 Å². The van der Waals surface area contributed by atoms with Crippen LogP contribution in [0.25, 0.3) is 49.9 Å². The molecule has 0 saturated carbocycles. The van der Waals surface area contributed by atoms with Crippen molar-refractivity contribution in [3.63, 3.8) is 0 Å². The fourth-order valence-electron chi connectivity index (χ4n) is 9.82. The summed E-state index contributed by atoms with van der Waals surface area (Å²) in [6, 6.07) is 47.2. The van der Waals surface area contributed by atoms with Gasteiger partial charge in [0.05, 0.1) is 5.56 Å². The Kier molecular flexibility index (Phi) is 13.7. The fourth-order valence-corrected chi connectivity index (χ4v) is 9.82. The molecule has 0 saturated heterocycles. The maximum absolute atomic E-state index is 16.5. The van der Waals surface area contributed by atoms with Crippen molar-refractivity contribution in [2.75, 3.05) is 9.80 Å². The summed E-state index contributed by atoms with van der Waals surface area (Å²) < 4.78 is 66.1. The summed E-state index contributed by atoms with van der Waals surface area (Å²) in [5.74, 6) is -2.11. The van der Waals surface area contributed by atoms with Gasteiger partial charge >= 0.3 is 0 Å². The smallest absolute Gasteiger partial charge is 0.136 e. The standard InChI is InChI=1S/C65H62F3N4O.Pt/c1-38(2)41-25-42(39(3)4)27-44(26-41)53-30-46(65(10,11)12)31-54(62-55(67)33-47(66)34-56(62)68)63(53)71-37-70(58-19-15-16-20-59(58)71)48-28-43(40(5)6)29-50(35-48)73-49-21-22-52-51-17-13-14-18-57(51)72(60(52)36-49)61-32-45(23-24-69-61)64(7,8)9;/h13-34,37-40H,1-12H3;/q-3;/i40D;. The molecule has 74 heavy (non-hydrogen) atoms. The third kappa shape index (κ3) is 9.79. The van der Waals surface area contributed by atoms with Gasteiger partial charge in [0.15, 0.2) is 0 Å². The average molecular weight is 1170 g/mol. The summed E-state index contributed by atoms with van der Waals surface area (Å²) in [4.78, 5) is 8.80. The molecule has 9 heteroatoms. The van der Waals surface area contributed by atoms with Crippen LogP contribution < -0.4 is 14.5 Å². The van der Waals surface area contributed by atoms with Gasteiger partial charge in [-0.25, -0.2) is 18.2 Å². The van der Waals surface area contributed by atoms with E-state index in [0.717, 1.165) is 84.5 Å². The van der Waals surface area contributed by atoms with E-state index in [9.17, 15) is 5.76 Å². The SMILES string of the molecule is [2H]C(C)(C)c1cc(Oc2[c-]c3c(cc2)c2ccccc2n3-c2cc(C(C)(C)C)ccn2)[c-]c(N2[CH-]N(c3c(-c4cc(C(C)C)cc(C(C)C)c4)cc(C(C)(C)C)cc3-c3c(F)cc(F)cc3F)c3ccccc32)c1.[Pt]. The molecule has 0 N–H and O–H groups in total. The first-order valence-electron chi connectivity index (χ1n) is 25.6. The van der Waals surface area contributed by atoms with Crippen LogP contribution in [0.3, 0.4) is 0 Å². The molecule has 0 fully saturated rings. The van der Waals surface area contributed by atoms with Crippen molar-refractivity contribution >= 4 is 44.6 Å². The molecule has 3 heterocycles. The molecule has 0 aliphatic carbocycles. The number of para-hydroxylation sites is 3. The topological polar surface area (TPSA) is 33.5 Å². The van der Waals surface area contributed by atoms with Crippen molar-refractivity contribution in [1.82, 2.24) is 9.55 Å². The monoisotopic (exact) mass is 1170 g/mol. The van der Waals surface area contributed by atoms with Crippen LogP contribution in [-0.4, -0.2) is 9.55 Å². The van der Waals surface area contributed by atoms with Crippen molar-refractivity contribution in [1.29, 1.82) is 0 Å². The third-order valence-electron chi connectivity index (χ3n) is 14.0. The van der Waals surface area contributed by atoms with Gasteiger partial charge in [-0.2, -0.15) is 6.07 Å². The second-order valence-corrected chi connectivity index (χ2v) is 22.3. The quantitative estimate of drug-likeness (QED) is 0.128. The van der Waals surface area contributed by atoms with Gasteiger partial charge in [-0.05, 0) is 104 Å². The predicted molar refractivity (Wildman–Crippen MR) is 295 cm³/mol. The number of aromatic nitrogens is 2. The summed E-state index contributed by atoms with van der Waals surface area (Å²) in [6.07, 6.45) is 1.85. The number of hydrogen-bond donors (Lipinski definition) is 0. The minimum Gasteiger partial charge on any atom is -0.509 e. The van der Waals surface area contributed by atoms with Gasteiger partial charge in [-0.3, -0.25) is 0 Å². The number of halogens is 3. The van der Waals surface area contributed by atoms with E-state index < -0.39 is 28.8 Å². The Morgan fingerprint density at radius 1 is 0.608 bits per heavy atom. The number of pyridine rings is 1. The zero-order valence-electron chi connectivity index (χ0n) is 45.1. The first kappa shape index (κ1) is 50.9. The molecule has 0 spiro atoms. The molecule has 9 aromatic rings. The Morgan fingerprint density at radius 2 is 1.23 bits per heavy atom. The van der Waals surface area contributed by atoms with E-state index in [-0.39, 0.29) is 49.4 Å². The Morgan fingerprint density at radius 3 is 1.86 bits per heavy atom. The number of nitrogens with zero attached hydrogens (tertiary/aromatic N) is 4. The molecule has 1 aliphatic rings. The van der Waals surface area contributed by atoms with Crippen molar-refractivity contribution in [3.8, 4) is 39.6 Å². The van der Waals surface area contributed by atoms with E-state index in [1.54, 1.807) is 0 Å². The Labute approximate surface area is 450 Å². The molecule has 5 nitrogen and oxygen atoms in total. The minimum absolute atomic E-state index is 0. The number of benzene rings is 7. The summed E-state index contributed by atoms with van der Waals surface area (Å²) >= 11 is 0. The van der Waals surface area contributed by atoms with Crippen LogP contribution in [-0.2, 0) is 31.9 Å². The van der Waals surface area contributed by atoms with Crippen LogP contribution in [0.5, 0.6) is 11.5 Å². The van der Waals surface area contributed by atoms with Crippen LogP contribution in [0.4, 0.5) is 35.9 Å². The number of fused-ring (bicyclic) bond motifs is 4. The predicted octanol–water partition coefficient (Wildman–Crippen LogP) is 18.7. The first-order chi connectivity index (χ1) is 34.9. The average Bonchev–Trinajstić information content (AvgIpc) is 3.91. The molecule has 0 unspecified atom stereocenters. The number of anilines is 4. The second-order valence-electron chi connectivity index (χ2n) is 22.3. The van der Waals surface area contributed by atoms with Crippen LogP contribution in [0.1, 0.15) is 130 Å². The van der Waals surface area contributed by atoms with E-state index >= 15 is 8.78 Å². The normalized spacial score (nSPS) is 13.3.